The summed E-state index contributed by atoms with van der Waals surface area (Å²) in [4.78, 5) is 30.5. The molecule has 0 fully saturated rings. The molecule has 26 heavy (non-hydrogen) atoms. The van der Waals surface area contributed by atoms with Crippen molar-refractivity contribution in [2.24, 2.45) is 0 Å². The van der Waals surface area contributed by atoms with Gasteiger partial charge in [-0.1, -0.05) is 19.1 Å². The lowest BCUT2D eigenvalue weighted by Gasteiger charge is -2.13. The van der Waals surface area contributed by atoms with E-state index in [9.17, 15) is 14.7 Å². The van der Waals surface area contributed by atoms with Crippen LogP contribution in [0.4, 0.5) is 0 Å². The first-order valence-electron chi connectivity index (χ1n) is 8.44. The number of thiophene rings is 1. The molecule has 0 aliphatic heterocycles. The summed E-state index contributed by atoms with van der Waals surface area (Å²) < 4.78 is 6.69. The summed E-state index contributed by atoms with van der Waals surface area (Å²) in [5, 5.41) is 9.87. The standard InChI is InChI=1S/C19H20N2O4S/c1-4-14(19(23)24)21-10-20-17-16(18(21)22)15(11(3)26-17)12-6-8-13(9-7-12)25-5-2/h6-10,14H,4-5H2,1-3H3,(H,23,24)/t14-/m1/s1. The van der Waals surface area contributed by atoms with Crippen LogP contribution in [0.5, 0.6) is 5.75 Å². The molecule has 2 aromatic heterocycles. The van der Waals surface area contributed by atoms with E-state index < -0.39 is 12.0 Å². The number of aromatic nitrogens is 2. The van der Waals surface area contributed by atoms with E-state index in [1.54, 1.807) is 6.92 Å². The number of carboxylic acids is 1. The van der Waals surface area contributed by atoms with Crippen LogP contribution in [0, 0.1) is 6.92 Å². The molecule has 0 bridgehead atoms. The molecule has 6 nitrogen and oxygen atoms in total. The zero-order valence-corrected chi connectivity index (χ0v) is 15.7. The molecule has 1 atom stereocenters. The molecule has 0 amide bonds. The molecule has 3 rings (SSSR count). The molecule has 2 heterocycles. The summed E-state index contributed by atoms with van der Waals surface area (Å²) in [6, 6.07) is 6.62. The summed E-state index contributed by atoms with van der Waals surface area (Å²) in [5.41, 5.74) is 1.37. The van der Waals surface area contributed by atoms with Gasteiger partial charge in [0, 0.05) is 10.4 Å². The van der Waals surface area contributed by atoms with Crippen LogP contribution in [-0.2, 0) is 4.79 Å². The van der Waals surface area contributed by atoms with E-state index >= 15 is 0 Å². The summed E-state index contributed by atoms with van der Waals surface area (Å²) in [6.07, 6.45) is 1.65. The van der Waals surface area contributed by atoms with Crippen LogP contribution in [0.1, 0.15) is 31.2 Å². The molecule has 7 heteroatoms. The number of carbonyl (C=O) groups is 1. The van der Waals surface area contributed by atoms with E-state index in [4.69, 9.17) is 4.74 Å². The van der Waals surface area contributed by atoms with Crippen molar-refractivity contribution < 1.29 is 14.6 Å². The van der Waals surface area contributed by atoms with Crippen LogP contribution in [0.2, 0.25) is 0 Å². The predicted molar refractivity (Wildman–Crippen MR) is 102 cm³/mol. The zero-order chi connectivity index (χ0) is 18.8. The maximum atomic E-state index is 13.1. The smallest absolute Gasteiger partial charge is 0.326 e. The fourth-order valence-corrected chi connectivity index (χ4v) is 4.06. The average molecular weight is 372 g/mol. The van der Waals surface area contributed by atoms with E-state index in [-0.39, 0.29) is 5.56 Å². The number of hydrogen-bond donors (Lipinski definition) is 1. The molecule has 3 aromatic rings. The highest BCUT2D eigenvalue weighted by molar-refractivity contribution is 7.19. The summed E-state index contributed by atoms with van der Waals surface area (Å²) >= 11 is 1.44. The Labute approximate surface area is 154 Å². The molecule has 0 aliphatic carbocycles. The first-order valence-corrected chi connectivity index (χ1v) is 9.25. The molecule has 0 unspecified atom stereocenters. The Kier molecular flexibility index (Phi) is 5.08. The van der Waals surface area contributed by atoms with Gasteiger partial charge in [-0.05, 0) is 38.0 Å². The fraction of sp³-hybridized carbons (Fsp3) is 0.316. The topological polar surface area (TPSA) is 81.4 Å². The maximum absolute atomic E-state index is 13.1. The van der Waals surface area contributed by atoms with Crippen molar-refractivity contribution in [3.8, 4) is 16.9 Å². The van der Waals surface area contributed by atoms with Crippen LogP contribution < -0.4 is 10.3 Å². The normalized spacial score (nSPS) is 12.3. The average Bonchev–Trinajstić information content (AvgIpc) is 2.95. The third-order valence-corrected chi connectivity index (χ3v) is 5.29. The summed E-state index contributed by atoms with van der Waals surface area (Å²) in [5.74, 6) is -0.272. The van der Waals surface area contributed by atoms with E-state index in [0.717, 1.165) is 21.8 Å². The molecule has 0 spiro atoms. The Morgan fingerprint density at radius 1 is 1.31 bits per heavy atom. The third-order valence-electron chi connectivity index (χ3n) is 4.27. The second-order valence-electron chi connectivity index (χ2n) is 5.89. The number of aliphatic carboxylic acids is 1. The summed E-state index contributed by atoms with van der Waals surface area (Å²) in [7, 11) is 0. The molecule has 0 radical (unpaired) electrons. The number of rotatable bonds is 6. The van der Waals surface area contributed by atoms with E-state index in [1.165, 1.54) is 22.2 Å². The number of fused-ring (bicyclic) bond motifs is 1. The highest BCUT2D eigenvalue weighted by Gasteiger charge is 2.23. The second kappa shape index (κ2) is 7.29. The highest BCUT2D eigenvalue weighted by Crippen LogP contribution is 2.36. The second-order valence-corrected chi connectivity index (χ2v) is 7.09. The number of aryl methyl sites for hydroxylation is 1. The Balaban J connectivity index is 2.21. The van der Waals surface area contributed by atoms with Crippen LogP contribution in [0.15, 0.2) is 35.4 Å². The lowest BCUT2D eigenvalue weighted by molar-refractivity contribution is -0.141. The molecule has 1 N–H and O–H groups in total. The van der Waals surface area contributed by atoms with Crippen LogP contribution in [0.3, 0.4) is 0 Å². The van der Waals surface area contributed by atoms with Gasteiger partial charge in [0.25, 0.3) is 5.56 Å². The van der Waals surface area contributed by atoms with Crippen molar-refractivity contribution in [2.75, 3.05) is 6.61 Å². The highest BCUT2D eigenvalue weighted by atomic mass is 32.1. The Morgan fingerprint density at radius 3 is 2.58 bits per heavy atom. The van der Waals surface area contributed by atoms with Crippen LogP contribution in [-0.4, -0.2) is 27.2 Å². The molecule has 0 saturated carbocycles. The minimum Gasteiger partial charge on any atom is -0.494 e. The minimum atomic E-state index is -1.04. The Bertz CT molecular complexity index is 1000. The molecule has 0 saturated heterocycles. The quantitative estimate of drug-likeness (QED) is 0.710. The van der Waals surface area contributed by atoms with Gasteiger partial charge in [0.05, 0.1) is 18.3 Å². The van der Waals surface area contributed by atoms with Gasteiger partial charge in [0.2, 0.25) is 0 Å². The zero-order valence-electron chi connectivity index (χ0n) is 14.9. The van der Waals surface area contributed by atoms with Gasteiger partial charge < -0.3 is 9.84 Å². The molecule has 136 valence electrons. The van der Waals surface area contributed by atoms with Crippen molar-refractivity contribution in [2.45, 2.75) is 33.2 Å². The van der Waals surface area contributed by atoms with Crippen molar-refractivity contribution in [1.29, 1.82) is 0 Å². The Hall–Kier alpha value is -2.67. The number of ether oxygens (including phenoxy) is 1. The van der Waals surface area contributed by atoms with Gasteiger partial charge in [-0.15, -0.1) is 11.3 Å². The van der Waals surface area contributed by atoms with Crippen LogP contribution >= 0.6 is 11.3 Å². The van der Waals surface area contributed by atoms with Crippen LogP contribution in [0.25, 0.3) is 21.3 Å². The molecular formula is C19H20N2O4S. The van der Waals surface area contributed by atoms with Gasteiger partial charge in [0.1, 0.15) is 16.6 Å². The lowest BCUT2D eigenvalue weighted by atomic mass is 10.0. The number of hydrogen-bond acceptors (Lipinski definition) is 5. The molecule has 1 aromatic carbocycles. The SMILES string of the molecule is CCOc1ccc(-c2c(C)sc3ncn([C@H](CC)C(=O)O)c(=O)c23)cc1. The van der Waals surface area contributed by atoms with Crippen molar-refractivity contribution in [3.05, 3.63) is 45.8 Å². The maximum Gasteiger partial charge on any atom is 0.326 e. The molecule has 0 aliphatic rings. The fourth-order valence-electron chi connectivity index (χ4n) is 3.06. The van der Waals surface area contributed by atoms with Gasteiger partial charge in [-0.2, -0.15) is 0 Å². The van der Waals surface area contributed by atoms with E-state index in [2.05, 4.69) is 4.98 Å². The van der Waals surface area contributed by atoms with Gasteiger partial charge in [0.15, 0.2) is 0 Å². The third kappa shape index (κ3) is 3.10. The van der Waals surface area contributed by atoms with Crippen molar-refractivity contribution in [3.63, 3.8) is 0 Å². The minimum absolute atomic E-state index is 0.309. The first kappa shape index (κ1) is 18.1. The van der Waals surface area contributed by atoms with Gasteiger partial charge in [-0.3, -0.25) is 9.36 Å². The molecular weight excluding hydrogens is 352 g/mol. The number of nitrogens with zero attached hydrogens (tertiary/aromatic N) is 2. The van der Waals surface area contributed by atoms with Crippen molar-refractivity contribution in [1.82, 2.24) is 9.55 Å². The Morgan fingerprint density at radius 2 is 2.00 bits per heavy atom. The summed E-state index contributed by atoms with van der Waals surface area (Å²) in [6.45, 7) is 6.19. The lowest BCUT2D eigenvalue weighted by Crippen LogP contribution is -2.29. The largest absolute Gasteiger partial charge is 0.494 e. The number of benzene rings is 1. The number of carboxylic acid groups (broad SMARTS) is 1. The van der Waals surface area contributed by atoms with Crippen molar-refractivity contribution >= 4 is 27.5 Å². The first-order chi connectivity index (χ1) is 12.5. The van der Waals surface area contributed by atoms with E-state index in [1.807, 2.05) is 38.1 Å². The van der Waals surface area contributed by atoms with E-state index in [0.29, 0.717) is 23.2 Å². The van der Waals surface area contributed by atoms with Gasteiger partial charge >= 0.3 is 5.97 Å². The van der Waals surface area contributed by atoms with Gasteiger partial charge in [-0.25, -0.2) is 9.78 Å². The predicted octanol–water partition coefficient (Wildman–Crippen LogP) is 3.87. The monoisotopic (exact) mass is 372 g/mol.